The van der Waals surface area contributed by atoms with Gasteiger partial charge in [-0.3, -0.25) is 4.79 Å². The van der Waals surface area contributed by atoms with Crippen LogP contribution >= 0.6 is 11.8 Å². The van der Waals surface area contributed by atoms with Crippen LogP contribution in [-0.2, 0) is 16.1 Å². The van der Waals surface area contributed by atoms with E-state index in [1.165, 1.54) is 11.8 Å². The first-order valence-electron chi connectivity index (χ1n) is 7.04. The molecule has 1 aromatic carbocycles. The maximum Gasteiger partial charge on any atom is 0.319 e. The van der Waals surface area contributed by atoms with E-state index in [9.17, 15) is 4.79 Å². The number of carbonyl (C=O) groups excluding carboxylic acids is 1. The summed E-state index contributed by atoms with van der Waals surface area (Å²) < 4.78 is 7.23. The van der Waals surface area contributed by atoms with E-state index >= 15 is 0 Å². The molecule has 0 amide bonds. The molecule has 21 heavy (non-hydrogen) atoms. The summed E-state index contributed by atoms with van der Waals surface area (Å²) in [5, 5.41) is 9.13. The maximum absolute atomic E-state index is 11.8. The van der Waals surface area contributed by atoms with E-state index in [1.807, 2.05) is 41.8 Å². The van der Waals surface area contributed by atoms with Gasteiger partial charge in [0, 0.05) is 18.5 Å². The molecule has 2 aromatic rings. The molecule has 0 bridgehead atoms. The molecule has 2 atom stereocenters. The standard InChI is InChI=1S/C15H17N3O2S/c1-3-18-13(11-7-5-4-6-8-11)16-17-15(18)21-12-9-10(2)20-14(12)19/h4-8,10,12H,3,9H2,1-2H3/t10-,12-/m0/s1. The van der Waals surface area contributed by atoms with Crippen molar-refractivity contribution >= 4 is 17.7 Å². The Morgan fingerprint density at radius 1 is 1.33 bits per heavy atom. The third-order valence-electron chi connectivity index (χ3n) is 3.44. The minimum Gasteiger partial charge on any atom is -0.462 e. The van der Waals surface area contributed by atoms with E-state index in [-0.39, 0.29) is 17.3 Å². The smallest absolute Gasteiger partial charge is 0.319 e. The Bertz CT molecular complexity index is 642. The van der Waals surface area contributed by atoms with Gasteiger partial charge in [-0.15, -0.1) is 10.2 Å². The van der Waals surface area contributed by atoms with Crippen molar-refractivity contribution < 1.29 is 9.53 Å². The van der Waals surface area contributed by atoms with Crippen LogP contribution in [0.2, 0.25) is 0 Å². The van der Waals surface area contributed by atoms with Gasteiger partial charge in [0.2, 0.25) is 0 Å². The number of nitrogens with zero attached hydrogens (tertiary/aromatic N) is 3. The lowest BCUT2D eigenvalue weighted by molar-refractivity contribution is -0.140. The number of rotatable bonds is 4. The van der Waals surface area contributed by atoms with E-state index in [2.05, 4.69) is 17.1 Å². The van der Waals surface area contributed by atoms with Crippen LogP contribution in [0, 0.1) is 0 Å². The molecule has 0 saturated carbocycles. The van der Waals surface area contributed by atoms with Crippen LogP contribution in [-0.4, -0.2) is 32.1 Å². The van der Waals surface area contributed by atoms with E-state index in [0.717, 1.165) is 29.5 Å². The number of hydrogen-bond acceptors (Lipinski definition) is 5. The fraction of sp³-hybridized carbons (Fsp3) is 0.400. The Balaban J connectivity index is 1.87. The summed E-state index contributed by atoms with van der Waals surface area (Å²) in [6, 6.07) is 9.95. The molecular formula is C15H17N3O2S. The Labute approximate surface area is 127 Å². The monoisotopic (exact) mass is 303 g/mol. The molecule has 0 aliphatic carbocycles. The lowest BCUT2D eigenvalue weighted by Crippen LogP contribution is -2.11. The minimum atomic E-state index is -0.182. The van der Waals surface area contributed by atoms with Crippen molar-refractivity contribution in [3.63, 3.8) is 0 Å². The molecule has 0 N–H and O–H groups in total. The van der Waals surface area contributed by atoms with E-state index < -0.39 is 0 Å². The summed E-state index contributed by atoms with van der Waals surface area (Å²) in [6.45, 7) is 4.73. The van der Waals surface area contributed by atoms with Gasteiger partial charge in [0.15, 0.2) is 11.0 Å². The van der Waals surface area contributed by atoms with Gasteiger partial charge < -0.3 is 9.30 Å². The zero-order valence-corrected chi connectivity index (χ0v) is 12.8. The predicted octanol–water partition coefficient (Wildman–Crippen LogP) is 2.76. The molecule has 0 unspecified atom stereocenters. The zero-order valence-electron chi connectivity index (χ0n) is 12.0. The van der Waals surface area contributed by atoms with Crippen molar-refractivity contribution in [1.29, 1.82) is 0 Å². The van der Waals surface area contributed by atoms with Crippen LogP contribution in [0.25, 0.3) is 11.4 Å². The van der Waals surface area contributed by atoms with Crippen LogP contribution in [0.5, 0.6) is 0 Å². The average molecular weight is 303 g/mol. The largest absolute Gasteiger partial charge is 0.462 e. The first kappa shape index (κ1) is 14.1. The van der Waals surface area contributed by atoms with Crippen LogP contribution in [0.4, 0.5) is 0 Å². The first-order valence-corrected chi connectivity index (χ1v) is 7.92. The second kappa shape index (κ2) is 5.89. The number of cyclic esters (lactones) is 1. The highest BCUT2D eigenvalue weighted by molar-refractivity contribution is 8.00. The van der Waals surface area contributed by atoms with Crippen molar-refractivity contribution in [2.45, 2.75) is 43.3 Å². The van der Waals surface area contributed by atoms with Crippen molar-refractivity contribution in [2.75, 3.05) is 0 Å². The fourth-order valence-electron chi connectivity index (χ4n) is 2.41. The summed E-state index contributed by atoms with van der Waals surface area (Å²) >= 11 is 1.44. The summed E-state index contributed by atoms with van der Waals surface area (Å²) in [7, 11) is 0. The van der Waals surface area contributed by atoms with Gasteiger partial charge in [-0.2, -0.15) is 0 Å². The van der Waals surface area contributed by atoms with Crippen molar-refractivity contribution in [1.82, 2.24) is 14.8 Å². The fourth-order valence-corrected chi connectivity index (χ4v) is 3.61. The number of thioether (sulfide) groups is 1. The number of esters is 1. The van der Waals surface area contributed by atoms with Gasteiger partial charge in [0.25, 0.3) is 0 Å². The summed E-state index contributed by atoms with van der Waals surface area (Å²) in [4.78, 5) is 11.8. The van der Waals surface area contributed by atoms with Crippen LogP contribution in [0.15, 0.2) is 35.5 Å². The van der Waals surface area contributed by atoms with Gasteiger partial charge in [0.1, 0.15) is 11.4 Å². The molecule has 1 aliphatic heterocycles. The molecule has 0 radical (unpaired) electrons. The Morgan fingerprint density at radius 3 is 2.71 bits per heavy atom. The number of carbonyl (C=O) groups is 1. The summed E-state index contributed by atoms with van der Waals surface area (Å²) in [5.74, 6) is 0.680. The van der Waals surface area contributed by atoms with Crippen LogP contribution in [0.3, 0.4) is 0 Å². The first-order chi connectivity index (χ1) is 10.2. The molecule has 6 heteroatoms. The van der Waals surface area contributed by atoms with Crippen molar-refractivity contribution in [3.8, 4) is 11.4 Å². The third-order valence-corrected chi connectivity index (χ3v) is 4.62. The maximum atomic E-state index is 11.8. The zero-order chi connectivity index (χ0) is 14.8. The molecule has 5 nitrogen and oxygen atoms in total. The number of aromatic nitrogens is 3. The van der Waals surface area contributed by atoms with Crippen LogP contribution < -0.4 is 0 Å². The molecule has 1 saturated heterocycles. The summed E-state index contributed by atoms with van der Waals surface area (Å²) in [6.07, 6.45) is 0.711. The molecule has 1 fully saturated rings. The highest BCUT2D eigenvalue weighted by atomic mass is 32.2. The Hall–Kier alpha value is -1.82. The van der Waals surface area contributed by atoms with Gasteiger partial charge in [-0.1, -0.05) is 42.1 Å². The van der Waals surface area contributed by atoms with Crippen LogP contribution in [0.1, 0.15) is 20.3 Å². The molecule has 2 heterocycles. The van der Waals surface area contributed by atoms with Crippen molar-refractivity contribution in [3.05, 3.63) is 30.3 Å². The SMILES string of the molecule is CCn1c(S[C@H]2C[C@H](C)OC2=O)nnc1-c1ccccc1. The molecule has 0 spiro atoms. The van der Waals surface area contributed by atoms with Gasteiger partial charge >= 0.3 is 5.97 Å². The molecule has 110 valence electrons. The predicted molar refractivity (Wildman–Crippen MR) is 80.9 cm³/mol. The number of hydrogen-bond donors (Lipinski definition) is 0. The second-order valence-electron chi connectivity index (χ2n) is 5.01. The number of benzene rings is 1. The normalized spacial score (nSPS) is 21.5. The van der Waals surface area contributed by atoms with Gasteiger partial charge in [-0.25, -0.2) is 0 Å². The van der Waals surface area contributed by atoms with E-state index in [1.54, 1.807) is 0 Å². The molecule has 1 aliphatic rings. The lowest BCUT2D eigenvalue weighted by atomic mass is 10.2. The summed E-state index contributed by atoms with van der Waals surface area (Å²) in [5.41, 5.74) is 1.03. The molecule has 1 aromatic heterocycles. The molecule has 3 rings (SSSR count). The topological polar surface area (TPSA) is 57.0 Å². The second-order valence-corrected chi connectivity index (χ2v) is 6.18. The van der Waals surface area contributed by atoms with E-state index in [4.69, 9.17) is 4.74 Å². The Kier molecular flexibility index (Phi) is 3.96. The average Bonchev–Trinajstić information content (AvgIpc) is 3.03. The van der Waals surface area contributed by atoms with Crippen molar-refractivity contribution in [2.24, 2.45) is 0 Å². The lowest BCUT2D eigenvalue weighted by Gasteiger charge is -2.08. The van der Waals surface area contributed by atoms with Gasteiger partial charge in [-0.05, 0) is 13.8 Å². The minimum absolute atomic E-state index is 0.0124. The highest BCUT2D eigenvalue weighted by Gasteiger charge is 2.34. The Morgan fingerprint density at radius 2 is 2.10 bits per heavy atom. The third kappa shape index (κ3) is 2.81. The van der Waals surface area contributed by atoms with E-state index in [0.29, 0.717) is 0 Å². The highest BCUT2D eigenvalue weighted by Crippen LogP contribution is 2.32. The molecular weight excluding hydrogens is 286 g/mol. The quantitative estimate of drug-likeness (QED) is 0.813. The van der Waals surface area contributed by atoms with Gasteiger partial charge in [0.05, 0.1) is 0 Å². The number of ether oxygens (including phenoxy) is 1.